The van der Waals surface area contributed by atoms with Gasteiger partial charge < -0.3 is 10.4 Å². The molecule has 1 rings (SSSR count). The second kappa shape index (κ2) is 5.94. The smallest absolute Gasteiger partial charge is 0.131 e. The van der Waals surface area contributed by atoms with E-state index in [1.807, 2.05) is 0 Å². The minimum absolute atomic E-state index is 0.0501. The molecule has 1 aromatic carbocycles. The van der Waals surface area contributed by atoms with Gasteiger partial charge in [0.1, 0.15) is 11.6 Å². The molecule has 0 aromatic heterocycles. The molecule has 0 heterocycles. The summed E-state index contributed by atoms with van der Waals surface area (Å²) in [4.78, 5) is 0. The number of hydrogen-bond donors (Lipinski definition) is 2. The van der Waals surface area contributed by atoms with Gasteiger partial charge in [-0.25, -0.2) is 8.78 Å². The van der Waals surface area contributed by atoms with E-state index in [0.717, 1.165) is 12.1 Å². The SMILES string of the molecule is C=C(Cl)CNCC(O)c1ccc(F)cc1F. The topological polar surface area (TPSA) is 32.3 Å². The predicted octanol–water partition coefficient (Wildman–Crippen LogP) is 2.34. The van der Waals surface area contributed by atoms with Gasteiger partial charge >= 0.3 is 0 Å². The van der Waals surface area contributed by atoms with Crippen LogP contribution in [0.4, 0.5) is 8.78 Å². The molecule has 16 heavy (non-hydrogen) atoms. The minimum Gasteiger partial charge on any atom is -0.387 e. The average Bonchev–Trinajstić information content (AvgIpc) is 2.16. The Kier molecular flexibility index (Phi) is 4.86. The molecule has 0 aliphatic heterocycles. The fourth-order valence-corrected chi connectivity index (χ4v) is 1.32. The summed E-state index contributed by atoms with van der Waals surface area (Å²) in [5, 5.41) is 12.8. The van der Waals surface area contributed by atoms with Gasteiger partial charge in [-0.2, -0.15) is 0 Å². The zero-order chi connectivity index (χ0) is 12.1. The third-order valence-corrected chi connectivity index (χ3v) is 2.11. The molecule has 0 aliphatic carbocycles. The average molecular weight is 248 g/mol. The molecule has 0 amide bonds. The van der Waals surface area contributed by atoms with Crippen molar-refractivity contribution in [3.63, 3.8) is 0 Å². The van der Waals surface area contributed by atoms with Crippen LogP contribution in [0.15, 0.2) is 29.8 Å². The van der Waals surface area contributed by atoms with Gasteiger partial charge in [0.15, 0.2) is 0 Å². The molecule has 0 bridgehead atoms. The summed E-state index contributed by atoms with van der Waals surface area (Å²) < 4.78 is 25.8. The molecule has 1 atom stereocenters. The molecule has 88 valence electrons. The quantitative estimate of drug-likeness (QED) is 0.837. The molecule has 1 aromatic rings. The first-order valence-corrected chi connectivity index (χ1v) is 5.05. The van der Waals surface area contributed by atoms with Gasteiger partial charge in [-0.1, -0.05) is 24.2 Å². The summed E-state index contributed by atoms with van der Waals surface area (Å²) in [5.74, 6) is -1.44. The number of aliphatic hydroxyl groups excluding tert-OH is 1. The van der Waals surface area contributed by atoms with Crippen LogP contribution >= 0.6 is 11.6 Å². The van der Waals surface area contributed by atoms with Gasteiger partial charge in [0.25, 0.3) is 0 Å². The summed E-state index contributed by atoms with van der Waals surface area (Å²) in [6.45, 7) is 3.89. The van der Waals surface area contributed by atoms with Gasteiger partial charge in [-0.3, -0.25) is 0 Å². The Balaban J connectivity index is 2.58. The third-order valence-electron chi connectivity index (χ3n) is 1.98. The maximum absolute atomic E-state index is 13.2. The fraction of sp³-hybridized carbons (Fsp3) is 0.273. The number of benzene rings is 1. The lowest BCUT2D eigenvalue weighted by molar-refractivity contribution is 0.171. The summed E-state index contributed by atoms with van der Waals surface area (Å²) >= 11 is 5.50. The van der Waals surface area contributed by atoms with Crippen molar-refractivity contribution >= 4 is 11.6 Å². The zero-order valence-corrected chi connectivity index (χ0v) is 9.27. The summed E-state index contributed by atoms with van der Waals surface area (Å²) in [6, 6.07) is 3.05. The molecule has 0 fully saturated rings. The van der Waals surface area contributed by atoms with Crippen LogP contribution in [0, 0.1) is 11.6 Å². The number of hydrogen-bond acceptors (Lipinski definition) is 2. The molecule has 0 radical (unpaired) electrons. The van der Waals surface area contributed by atoms with Crippen molar-refractivity contribution in [2.45, 2.75) is 6.10 Å². The van der Waals surface area contributed by atoms with Crippen LogP contribution in [-0.2, 0) is 0 Å². The molecule has 2 nitrogen and oxygen atoms in total. The Morgan fingerprint density at radius 1 is 1.50 bits per heavy atom. The molecule has 0 saturated heterocycles. The lowest BCUT2D eigenvalue weighted by Crippen LogP contribution is -2.23. The highest BCUT2D eigenvalue weighted by Crippen LogP contribution is 2.17. The second-order valence-corrected chi connectivity index (χ2v) is 3.86. The third kappa shape index (κ3) is 3.89. The first kappa shape index (κ1) is 13.1. The zero-order valence-electron chi connectivity index (χ0n) is 8.51. The van der Waals surface area contributed by atoms with Crippen molar-refractivity contribution in [2.75, 3.05) is 13.1 Å². The molecule has 2 N–H and O–H groups in total. The van der Waals surface area contributed by atoms with E-state index < -0.39 is 17.7 Å². The minimum atomic E-state index is -1.04. The molecular weight excluding hydrogens is 236 g/mol. The molecule has 0 spiro atoms. The van der Waals surface area contributed by atoms with Gasteiger partial charge in [-0.05, 0) is 6.07 Å². The maximum atomic E-state index is 13.2. The van der Waals surface area contributed by atoms with Crippen LogP contribution in [0.3, 0.4) is 0 Å². The predicted molar refractivity (Wildman–Crippen MR) is 59.2 cm³/mol. The highest BCUT2D eigenvalue weighted by Gasteiger charge is 2.12. The van der Waals surface area contributed by atoms with Gasteiger partial charge in [0.05, 0.1) is 6.10 Å². The van der Waals surface area contributed by atoms with Crippen LogP contribution in [0.2, 0.25) is 0 Å². The van der Waals surface area contributed by atoms with E-state index in [2.05, 4.69) is 11.9 Å². The first-order chi connectivity index (χ1) is 7.50. The van der Waals surface area contributed by atoms with E-state index in [4.69, 9.17) is 11.6 Å². The standard InChI is InChI=1S/C11H12ClF2NO/c1-7(12)5-15-6-11(16)9-3-2-8(13)4-10(9)14/h2-4,11,15-16H,1,5-6H2. The van der Waals surface area contributed by atoms with Crippen LogP contribution in [-0.4, -0.2) is 18.2 Å². The monoisotopic (exact) mass is 247 g/mol. The number of nitrogens with one attached hydrogen (secondary N) is 1. The Labute approximate surface area is 97.5 Å². The van der Waals surface area contributed by atoms with Crippen LogP contribution < -0.4 is 5.32 Å². The first-order valence-electron chi connectivity index (χ1n) is 4.67. The van der Waals surface area contributed by atoms with E-state index in [1.54, 1.807) is 0 Å². The number of aliphatic hydroxyl groups is 1. The fourth-order valence-electron chi connectivity index (χ4n) is 1.23. The van der Waals surface area contributed by atoms with E-state index in [9.17, 15) is 13.9 Å². The Morgan fingerprint density at radius 2 is 2.19 bits per heavy atom. The number of rotatable bonds is 5. The molecule has 5 heteroatoms. The summed E-state index contributed by atoms with van der Waals surface area (Å²) in [7, 11) is 0. The van der Waals surface area contributed by atoms with Crippen molar-refractivity contribution in [1.82, 2.24) is 5.32 Å². The molecule has 0 saturated carbocycles. The van der Waals surface area contributed by atoms with E-state index in [1.165, 1.54) is 6.07 Å². The number of halogens is 3. The normalized spacial score (nSPS) is 12.5. The van der Waals surface area contributed by atoms with Gasteiger partial charge in [-0.15, -0.1) is 0 Å². The molecule has 0 aliphatic rings. The molecule has 1 unspecified atom stereocenters. The highest BCUT2D eigenvalue weighted by atomic mass is 35.5. The molecular formula is C11H12ClF2NO. The van der Waals surface area contributed by atoms with Crippen LogP contribution in [0.1, 0.15) is 11.7 Å². The lowest BCUT2D eigenvalue weighted by Gasteiger charge is -2.12. The van der Waals surface area contributed by atoms with E-state index in [0.29, 0.717) is 11.6 Å². The Morgan fingerprint density at radius 3 is 2.75 bits per heavy atom. The van der Waals surface area contributed by atoms with E-state index in [-0.39, 0.29) is 12.1 Å². The highest BCUT2D eigenvalue weighted by molar-refractivity contribution is 6.29. The summed E-state index contributed by atoms with van der Waals surface area (Å²) in [6.07, 6.45) is -1.04. The van der Waals surface area contributed by atoms with Crippen molar-refractivity contribution < 1.29 is 13.9 Å². The Hall–Kier alpha value is -0.970. The summed E-state index contributed by atoms with van der Waals surface area (Å²) in [5.41, 5.74) is 0.0501. The van der Waals surface area contributed by atoms with Crippen LogP contribution in [0.25, 0.3) is 0 Å². The Bertz CT molecular complexity index is 384. The largest absolute Gasteiger partial charge is 0.387 e. The van der Waals surface area contributed by atoms with Crippen LogP contribution in [0.5, 0.6) is 0 Å². The maximum Gasteiger partial charge on any atom is 0.131 e. The van der Waals surface area contributed by atoms with E-state index >= 15 is 0 Å². The van der Waals surface area contributed by atoms with Crippen molar-refractivity contribution in [1.29, 1.82) is 0 Å². The van der Waals surface area contributed by atoms with Crippen molar-refractivity contribution in [3.8, 4) is 0 Å². The van der Waals surface area contributed by atoms with Gasteiger partial charge in [0, 0.05) is 29.8 Å². The lowest BCUT2D eigenvalue weighted by atomic mass is 10.1. The second-order valence-electron chi connectivity index (χ2n) is 3.33. The van der Waals surface area contributed by atoms with Crippen molar-refractivity contribution in [2.24, 2.45) is 0 Å². The van der Waals surface area contributed by atoms with Gasteiger partial charge in [0.2, 0.25) is 0 Å². The van der Waals surface area contributed by atoms with Crippen molar-refractivity contribution in [3.05, 3.63) is 47.0 Å².